The molecule has 0 aromatic heterocycles. The van der Waals surface area contributed by atoms with Crippen LogP contribution in [0.1, 0.15) is 27.7 Å². The van der Waals surface area contributed by atoms with E-state index in [0.29, 0.717) is 0 Å². The van der Waals surface area contributed by atoms with E-state index in [-0.39, 0.29) is 25.9 Å². The van der Waals surface area contributed by atoms with Crippen molar-refractivity contribution < 1.29 is 23.6 Å². The smallest absolute Gasteiger partial charge is 0.451 e. The van der Waals surface area contributed by atoms with E-state index in [9.17, 15) is 14.2 Å². The van der Waals surface area contributed by atoms with Gasteiger partial charge in [0, 0.05) is 6.54 Å². The summed E-state index contributed by atoms with van der Waals surface area (Å²) < 4.78 is 23.2. The summed E-state index contributed by atoms with van der Waals surface area (Å²) in [6.45, 7) is 7.16. The number of rotatable bonds is 10. The zero-order valence-corrected chi connectivity index (χ0v) is 13.9. The molecular formula is C12H25N3O5P+. The lowest BCUT2D eigenvalue weighted by molar-refractivity contribution is -0.151. The van der Waals surface area contributed by atoms with Crippen LogP contribution in [0.5, 0.6) is 0 Å². The number of carbonyl (C=O) groups excluding carboxylic acids is 2. The molecule has 0 radical (unpaired) electrons. The lowest BCUT2D eigenvalue weighted by atomic mass is 10.3. The quantitative estimate of drug-likeness (QED) is 0.338. The first-order valence-corrected chi connectivity index (χ1v) is 8.32. The number of hydrogen-bond donors (Lipinski definition) is 2. The molecule has 3 N–H and O–H groups in total. The van der Waals surface area contributed by atoms with E-state index in [0.717, 1.165) is 0 Å². The van der Waals surface area contributed by atoms with E-state index in [1.165, 1.54) is 4.78 Å². The molecule has 0 heterocycles. The Morgan fingerprint density at radius 1 is 1.19 bits per heavy atom. The van der Waals surface area contributed by atoms with Crippen LogP contribution in [0.4, 0.5) is 0 Å². The molecule has 3 atom stereocenters. The Labute approximate surface area is 126 Å². The summed E-state index contributed by atoms with van der Waals surface area (Å²) in [7, 11) is -1.95. The number of carbonyl (C=O) groups is 2. The molecule has 0 aliphatic rings. The second kappa shape index (κ2) is 10.6. The molecule has 0 aromatic rings. The highest BCUT2D eigenvalue weighted by Crippen LogP contribution is 2.27. The Balaban J connectivity index is 4.93. The minimum atomic E-state index is -1.95. The van der Waals surface area contributed by atoms with Gasteiger partial charge in [-0.15, -0.1) is 0 Å². The zero-order valence-electron chi connectivity index (χ0n) is 13.0. The van der Waals surface area contributed by atoms with E-state index in [1.807, 2.05) is 0 Å². The first kappa shape index (κ1) is 19.9. The summed E-state index contributed by atoms with van der Waals surface area (Å²) >= 11 is 0. The van der Waals surface area contributed by atoms with E-state index < -0.39 is 32.0 Å². The Bertz CT molecular complexity index is 367. The Kier molecular flexibility index (Phi) is 10.1. The lowest BCUT2D eigenvalue weighted by Gasteiger charge is -2.21. The van der Waals surface area contributed by atoms with Crippen molar-refractivity contribution in [2.45, 2.75) is 39.8 Å². The second-order valence-electron chi connectivity index (χ2n) is 4.24. The van der Waals surface area contributed by atoms with Crippen LogP contribution in [0.3, 0.4) is 0 Å². The summed E-state index contributed by atoms with van der Waals surface area (Å²) in [5.41, 5.74) is 8.14. The standard InChI is InChI=1S/C12H25N3O5P/c1-5-19-11(16)9(3)14-15(21(18)8-7-13)10(4)12(17)20-6-2/h9-10,14H,5-8,13H2,1-4H3/q+1/t9-,10?/m0/s1. The van der Waals surface area contributed by atoms with Gasteiger partial charge in [0.05, 0.1) is 13.2 Å². The molecule has 122 valence electrons. The van der Waals surface area contributed by atoms with Gasteiger partial charge in [-0.05, 0) is 37.0 Å². The Morgan fingerprint density at radius 2 is 1.71 bits per heavy atom. The number of nitrogens with zero attached hydrogens (tertiary/aromatic N) is 1. The molecule has 0 rings (SSSR count). The minimum absolute atomic E-state index is 0.196. The monoisotopic (exact) mass is 322 g/mol. The maximum atomic E-state index is 12.2. The van der Waals surface area contributed by atoms with Crippen LogP contribution in [0.25, 0.3) is 0 Å². The molecule has 0 amide bonds. The maximum Gasteiger partial charge on any atom is 0.451 e. The van der Waals surface area contributed by atoms with Crippen LogP contribution < -0.4 is 11.2 Å². The molecule has 8 nitrogen and oxygen atoms in total. The average Bonchev–Trinajstić information content (AvgIpc) is 2.44. The average molecular weight is 322 g/mol. The molecule has 0 spiro atoms. The molecule has 0 aromatic carbocycles. The number of ether oxygens (including phenoxy) is 2. The maximum absolute atomic E-state index is 12.2. The molecule has 21 heavy (non-hydrogen) atoms. The predicted octanol–water partition coefficient (Wildman–Crippen LogP) is 0.397. The van der Waals surface area contributed by atoms with Crippen molar-refractivity contribution in [3.63, 3.8) is 0 Å². The fourth-order valence-electron chi connectivity index (χ4n) is 1.47. The summed E-state index contributed by atoms with van der Waals surface area (Å²) in [6.07, 6.45) is 0.196. The topological polar surface area (TPSA) is 111 Å². The third-order valence-electron chi connectivity index (χ3n) is 2.52. The van der Waals surface area contributed by atoms with Crippen LogP contribution in [0.15, 0.2) is 0 Å². The van der Waals surface area contributed by atoms with Gasteiger partial charge >= 0.3 is 19.9 Å². The van der Waals surface area contributed by atoms with Crippen LogP contribution in [0.2, 0.25) is 0 Å². The second-order valence-corrected chi connectivity index (χ2v) is 5.82. The van der Waals surface area contributed by atoms with Crippen LogP contribution in [-0.2, 0) is 23.6 Å². The molecule has 0 fully saturated rings. The number of hydrazine groups is 1. The van der Waals surface area contributed by atoms with Crippen molar-refractivity contribution in [1.29, 1.82) is 0 Å². The molecule has 0 saturated carbocycles. The number of nitrogens with two attached hydrogens (primary N) is 1. The van der Waals surface area contributed by atoms with Gasteiger partial charge < -0.3 is 15.2 Å². The van der Waals surface area contributed by atoms with Gasteiger partial charge in [0.1, 0.15) is 6.04 Å². The van der Waals surface area contributed by atoms with Crippen molar-refractivity contribution in [3.05, 3.63) is 0 Å². The lowest BCUT2D eigenvalue weighted by Crippen LogP contribution is -2.50. The van der Waals surface area contributed by atoms with Crippen LogP contribution in [0, 0.1) is 0 Å². The Morgan fingerprint density at radius 3 is 2.19 bits per heavy atom. The van der Waals surface area contributed by atoms with Crippen molar-refractivity contribution in [2.24, 2.45) is 5.73 Å². The summed E-state index contributed by atoms with van der Waals surface area (Å²) in [5, 5.41) is 0. The van der Waals surface area contributed by atoms with Gasteiger partial charge in [-0.1, -0.05) is 0 Å². The molecule has 0 saturated heterocycles. The minimum Gasteiger partial charge on any atom is -0.465 e. The highest BCUT2D eigenvalue weighted by molar-refractivity contribution is 7.42. The predicted molar refractivity (Wildman–Crippen MR) is 78.7 cm³/mol. The normalized spacial score (nSPS) is 14.5. The molecular weight excluding hydrogens is 297 g/mol. The highest BCUT2D eigenvalue weighted by Gasteiger charge is 2.39. The van der Waals surface area contributed by atoms with Crippen molar-refractivity contribution in [2.75, 3.05) is 25.9 Å². The van der Waals surface area contributed by atoms with Gasteiger partial charge in [-0.25, -0.2) is 0 Å². The summed E-state index contributed by atoms with van der Waals surface area (Å²) in [5.74, 6) is -1.02. The van der Waals surface area contributed by atoms with Gasteiger partial charge in [0.15, 0.2) is 12.2 Å². The number of hydrogen-bond acceptors (Lipinski definition) is 7. The molecule has 0 aliphatic heterocycles. The molecule has 9 heteroatoms. The molecule has 0 aliphatic carbocycles. The van der Waals surface area contributed by atoms with Gasteiger partial charge in [0.2, 0.25) is 0 Å². The fourth-order valence-corrected chi connectivity index (χ4v) is 2.69. The Hall–Kier alpha value is -1.08. The highest BCUT2D eigenvalue weighted by atomic mass is 31.1. The van der Waals surface area contributed by atoms with Crippen molar-refractivity contribution in [1.82, 2.24) is 10.2 Å². The fraction of sp³-hybridized carbons (Fsp3) is 0.833. The van der Waals surface area contributed by atoms with Crippen molar-refractivity contribution in [3.8, 4) is 0 Å². The van der Waals surface area contributed by atoms with E-state index >= 15 is 0 Å². The van der Waals surface area contributed by atoms with Gasteiger partial charge in [-0.2, -0.15) is 5.43 Å². The van der Waals surface area contributed by atoms with E-state index in [4.69, 9.17) is 15.2 Å². The third kappa shape index (κ3) is 6.95. The van der Waals surface area contributed by atoms with Gasteiger partial charge in [-0.3, -0.25) is 9.59 Å². The van der Waals surface area contributed by atoms with E-state index in [1.54, 1.807) is 27.7 Å². The number of nitrogens with one attached hydrogen (secondary N) is 1. The third-order valence-corrected chi connectivity index (χ3v) is 4.10. The van der Waals surface area contributed by atoms with Gasteiger partial charge in [0.25, 0.3) is 0 Å². The summed E-state index contributed by atoms with van der Waals surface area (Å²) in [4.78, 5) is 23.4. The number of esters is 2. The molecule has 0 bridgehead atoms. The van der Waals surface area contributed by atoms with E-state index in [2.05, 4.69) is 5.43 Å². The first-order valence-electron chi connectivity index (χ1n) is 6.92. The first-order chi connectivity index (χ1) is 9.88. The van der Waals surface area contributed by atoms with Crippen molar-refractivity contribution >= 4 is 19.9 Å². The zero-order chi connectivity index (χ0) is 16.4. The van der Waals surface area contributed by atoms with Crippen LogP contribution >= 0.6 is 7.95 Å². The SMILES string of the molecule is CCOC(=O)C(C)N(N[C@@H](C)C(=O)OCC)[P+](=O)CCN. The molecule has 2 unspecified atom stereocenters. The summed E-state index contributed by atoms with van der Waals surface area (Å²) in [6, 6.07) is -1.55. The van der Waals surface area contributed by atoms with Crippen LogP contribution in [-0.4, -0.2) is 54.7 Å². The largest absolute Gasteiger partial charge is 0.465 e.